The Labute approximate surface area is 71.8 Å². The highest BCUT2D eigenvalue weighted by Gasteiger charge is 2.05. The molecule has 0 aliphatic carbocycles. The van der Waals surface area contributed by atoms with Crippen molar-refractivity contribution in [1.82, 2.24) is 9.97 Å². The molecule has 4 nitrogen and oxygen atoms in total. The highest BCUT2D eigenvalue weighted by atomic mass is 16.5. The van der Waals surface area contributed by atoms with Gasteiger partial charge < -0.3 is 10.5 Å². The molecule has 0 aliphatic heterocycles. The molecule has 1 aromatic heterocycles. The molecule has 1 rings (SSSR count). The quantitative estimate of drug-likeness (QED) is 0.715. The smallest absolute Gasteiger partial charge is 0.223 e. The molecule has 0 aliphatic rings. The molecule has 0 unspecified atom stereocenters. The molecule has 12 heavy (non-hydrogen) atoms. The third-order valence-electron chi connectivity index (χ3n) is 1.64. The zero-order valence-electron chi connectivity index (χ0n) is 7.59. The number of hydrogen-bond donors (Lipinski definition) is 1. The van der Waals surface area contributed by atoms with Crippen molar-refractivity contribution >= 4 is 5.95 Å². The third-order valence-corrected chi connectivity index (χ3v) is 1.64. The lowest BCUT2D eigenvalue weighted by molar-refractivity contribution is 0.324. The van der Waals surface area contributed by atoms with Gasteiger partial charge in [0.05, 0.1) is 6.61 Å². The first-order valence-electron chi connectivity index (χ1n) is 3.88. The molecule has 4 heteroatoms. The van der Waals surface area contributed by atoms with Crippen LogP contribution >= 0.6 is 0 Å². The van der Waals surface area contributed by atoms with Crippen molar-refractivity contribution in [3.05, 3.63) is 11.3 Å². The molecule has 0 amide bonds. The van der Waals surface area contributed by atoms with Gasteiger partial charge in [0.25, 0.3) is 0 Å². The van der Waals surface area contributed by atoms with E-state index in [9.17, 15) is 0 Å². The fourth-order valence-corrected chi connectivity index (χ4v) is 0.901. The first kappa shape index (κ1) is 8.77. The Balaban J connectivity index is 3.09. The van der Waals surface area contributed by atoms with Gasteiger partial charge in [0.1, 0.15) is 0 Å². The van der Waals surface area contributed by atoms with Gasteiger partial charge in [-0.05, 0) is 20.8 Å². The maximum atomic E-state index is 5.46. The summed E-state index contributed by atoms with van der Waals surface area (Å²) in [6, 6.07) is 0. The summed E-state index contributed by atoms with van der Waals surface area (Å²) in [5.41, 5.74) is 7.27. The molecule has 0 bridgehead atoms. The van der Waals surface area contributed by atoms with Crippen molar-refractivity contribution in [3.63, 3.8) is 0 Å². The molecule has 0 saturated carbocycles. The van der Waals surface area contributed by atoms with Gasteiger partial charge in [0.2, 0.25) is 11.8 Å². The summed E-state index contributed by atoms with van der Waals surface area (Å²) in [5, 5.41) is 0. The van der Waals surface area contributed by atoms with Crippen LogP contribution in [0.2, 0.25) is 0 Å². The van der Waals surface area contributed by atoms with Crippen molar-refractivity contribution in [1.29, 1.82) is 0 Å². The minimum Gasteiger partial charge on any atom is -0.478 e. The number of aryl methyl sites for hydroxylation is 1. The van der Waals surface area contributed by atoms with Crippen LogP contribution in [0.4, 0.5) is 5.95 Å². The lowest BCUT2D eigenvalue weighted by Crippen LogP contribution is -2.04. The van der Waals surface area contributed by atoms with E-state index in [0.29, 0.717) is 12.5 Å². The fourth-order valence-electron chi connectivity index (χ4n) is 0.901. The Morgan fingerprint density at radius 3 is 2.58 bits per heavy atom. The monoisotopic (exact) mass is 167 g/mol. The van der Waals surface area contributed by atoms with Crippen LogP contribution in [0, 0.1) is 13.8 Å². The first-order valence-corrected chi connectivity index (χ1v) is 3.88. The molecule has 0 aromatic carbocycles. The number of ether oxygens (including phenoxy) is 1. The van der Waals surface area contributed by atoms with Crippen LogP contribution in [-0.4, -0.2) is 16.6 Å². The van der Waals surface area contributed by atoms with Gasteiger partial charge in [0.15, 0.2) is 0 Å². The molecular formula is C8H13N3O. The van der Waals surface area contributed by atoms with Crippen molar-refractivity contribution < 1.29 is 4.74 Å². The van der Waals surface area contributed by atoms with Gasteiger partial charge in [-0.1, -0.05) is 0 Å². The zero-order valence-corrected chi connectivity index (χ0v) is 7.59. The Hall–Kier alpha value is -1.32. The molecule has 2 N–H and O–H groups in total. The van der Waals surface area contributed by atoms with Gasteiger partial charge in [-0.3, -0.25) is 0 Å². The van der Waals surface area contributed by atoms with Crippen LogP contribution in [0.5, 0.6) is 5.88 Å². The summed E-state index contributed by atoms with van der Waals surface area (Å²) in [4.78, 5) is 7.97. The maximum Gasteiger partial charge on any atom is 0.223 e. The van der Waals surface area contributed by atoms with Crippen molar-refractivity contribution in [3.8, 4) is 5.88 Å². The average Bonchev–Trinajstić information content (AvgIpc) is 2.00. The van der Waals surface area contributed by atoms with E-state index in [1.165, 1.54) is 0 Å². The van der Waals surface area contributed by atoms with Crippen LogP contribution in [0.3, 0.4) is 0 Å². The number of nitrogens with two attached hydrogens (primary N) is 1. The standard InChI is InChI=1S/C8H13N3O/c1-4-12-7-5(2)6(3)10-8(9)11-7/h4H2,1-3H3,(H2,9,10,11). The van der Waals surface area contributed by atoms with E-state index >= 15 is 0 Å². The van der Waals surface area contributed by atoms with E-state index in [4.69, 9.17) is 10.5 Å². The number of nitrogens with zero attached hydrogens (tertiary/aromatic N) is 2. The number of hydrogen-bond acceptors (Lipinski definition) is 4. The van der Waals surface area contributed by atoms with Crippen molar-refractivity contribution in [2.24, 2.45) is 0 Å². The number of aromatic nitrogens is 2. The van der Waals surface area contributed by atoms with E-state index in [1.54, 1.807) is 0 Å². The van der Waals surface area contributed by atoms with E-state index < -0.39 is 0 Å². The molecule has 0 saturated heterocycles. The summed E-state index contributed by atoms with van der Waals surface area (Å²) < 4.78 is 5.27. The minimum absolute atomic E-state index is 0.265. The molecule has 66 valence electrons. The van der Waals surface area contributed by atoms with E-state index in [2.05, 4.69) is 9.97 Å². The molecule has 0 fully saturated rings. The Morgan fingerprint density at radius 2 is 2.00 bits per heavy atom. The molecule has 1 aromatic rings. The van der Waals surface area contributed by atoms with E-state index in [1.807, 2.05) is 20.8 Å². The highest BCUT2D eigenvalue weighted by molar-refractivity contribution is 5.34. The summed E-state index contributed by atoms with van der Waals surface area (Å²) >= 11 is 0. The lowest BCUT2D eigenvalue weighted by atomic mass is 10.3. The van der Waals surface area contributed by atoms with E-state index in [-0.39, 0.29) is 5.95 Å². The third kappa shape index (κ3) is 1.64. The molecule has 0 atom stereocenters. The predicted molar refractivity (Wildman–Crippen MR) is 47.1 cm³/mol. The zero-order chi connectivity index (χ0) is 9.14. The van der Waals surface area contributed by atoms with Crippen LogP contribution in [0.25, 0.3) is 0 Å². The first-order chi connectivity index (χ1) is 5.65. The molecule has 1 heterocycles. The Morgan fingerprint density at radius 1 is 1.33 bits per heavy atom. The second-order valence-corrected chi connectivity index (χ2v) is 2.53. The normalized spacial score (nSPS) is 9.92. The largest absolute Gasteiger partial charge is 0.478 e. The molecular weight excluding hydrogens is 154 g/mol. The van der Waals surface area contributed by atoms with Crippen LogP contribution in [-0.2, 0) is 0 Å². The predicted octanol–water partition coefficient (Wildman–Crippen LogP) is 1.07. The maximum absolute atomic E-state index is 5.46. The topological polar surface area (TPSA) is 61.0 Å². The van der Waals surface area contributed by atoms with Crippen LogP contribution in [0.15, 0.2) is 0 Å². The van der Waals surface area contributed by atoms with Gasteiger partial charge in [0, 0.05) is 11.3 Å². The summed E-state index contributed by atoms with van der Waals surface area (Å²) in [6.07, 6.45) is 0. The summed E-state index contributed by atoms with van der Waals surface area (Å²) in [5.74, 6) is 0.851. The van der Waals surface area contributed by atoms with Crippen LogP contribution in [0.1, 0.15) is 18.2 Å². The molecule has 0 spiro atoms. The lowest BCUT2D eigenvalue weighted by Gasteiger charge is -2.07. The molecule has 0 radical (unpaired) electrons. The van der Waals surface area contributed by atoms with Gasteiger partial charge in [-0.2, -0.15) is 4.98 Å². The van der Waals surface area contributed by atoms with Gasteiger partial charge in [-0.25, -0.2) is 4.98 Å². The Kier molecular flexibility index (Phi) is 2.47. The minimum atomic E-state index is 0.265. The second kappa shape index (κ2) is 3.38. The van der Waals surface area contributed by atoms with Gasteiger partial charge >= 0.3 is 0 Å². The van der Waals surface area contributed by atoms with Crippen molar-refractivity contribution in [2.45, 2.75) is 20.8 Å². The number of anilines is 1. The average molecular weight is 167 g/mol. The van der Waals surface area contributed by atoms with E-state index in [0.717, 1.165) is 11.3 Å². The Bertz CT molecular complexity index is 286. The van der Waals surface area contributed by atoms with Crippen LogP contribution < -0.4 is 10.5 Å². The SMILES string of the molecule is CCOc1nc(N)nc(C)c1C. The summed E-state index contributed by atoms with van der Waals surface area (Å²) in [7, 11) is 0. The summed E-state index contributed by atoms with van der Waals surface area (Å²) in [6.45, 7) is 6.31. The number of rotatable bonds is 2. The van der Waals surface area contributed by atoms with Gasteiger partial charge in [-0.15, -0.1) is 0 Å². The van der Waals surface area contributed by atoms with Crippen molar-refractivity contribution in [2.75, 3.05) is 12.3 Å². The second-order valence-electron chi connectivity index (χ2n) is 2.53. The number of nitrogen functional groups attached to an aromatic ring is 1. The fraction of sp³-hybridized carbons (Fsp3) is 0.500. The highest BCUT2D eigenvalue weighted by Crippen LogP contribution is 2.17.